The van der Waals surface area contributed by atoms with E-state index in [-0.39, 0.29) is 12.5 Å². The van der Waals surface area contributed by atoms with Crippen LogP contribution >= 0.6 is 0 Å². The van der Waals surface area contributed by atoms with Crippen LogP contribution in [0.15, 0.2) is 0 Å². The van der Waals surface area contributed by atoms with Crippen molar-refractivity contribution in [3.63, 3.8) is 0 Å². The van der Waals surface area contributed by atoms with Gasteiger partial charge in [0.15, 0.2) is 0 Å². The normalized spacial score (nSPS) is 18.1. The number of likely N-dealkylation sites (tertiary alicyclic amines) is 1. The zero-order chi connectivity index (χ0) is 11.1. The van der Waals surface area contributed by atoms with E-state index < -0.39 is 0 Å². The number of amides is 1. The first-order valence-electron chi connectivity index (χ1n) is 5.83. The van der Waals surface area contributed by atoms with Gasteiger partial charge in [0.25, 0.3) is 0 Å². The second-order valence-corrected chi connectivity index (χ2v) is 4.34. The summed E-state index contributed by atoms with van der Waals surface area (Å²) in [6, 6.07) is 0. The average Bonchev–Trinajstić information content (AvgIpc) is 2.70. The molecule has 0 spiro atoms. The van der Waals surface area contributed by atoms with Crippen LogP contribution in [-0.4, -0.2) is 48.7 Å². The van der Waals surface area contributed by atoms with Gasteiger partial charge in [-0.2, -0.15) is 0 Å². The number of aliphatic hydroxyl groups is 1. The zero-order valence-electron chi connectivity index (χ0n) is 9.54. The predicted molar refractivity (Wildman–Crippen MR) is 59.6 cm³/mol. The van der Waals surface area contributed by atoms with E-state index in [2.05, 4.69) is 12.2 Å². The van der Waals surface area contributed by atoms with Gasteiger partial charge in [-0.05, 0) is 31.7 Å². The maximum Gasteiger partial charge on any atom is 0.236 e. The quantitative estimate of drug-likeness (QED) is 0.665. The molecule has 15 heavy (non-hydrogen) atoms. The summed E-state index contributed by atoms with van der Waals surface area (Å²) in [5.41, 5.74) is 0. The first-order valence-corrected chi connectivity index (χ1v) is 5.83. The summed E-state index contributed by atoms with van der Waals surface area (Å²) in [5, 5.41) is 11.9. The van der Waals surface area contributed by atoms with Gasteiger partial charge in [0.2, 0.25) is 5.91 Å². The van der Waals surface area contributed by atoms with Crippen LogP contribution in [0.4, 0.5) is 0 Å². The standard InChI is InChI=1S/C11H22N2O2/c1-10(4-7-14)8-12-9-11(15)13-5-2-3-6-13/h10,12,14H,2-9H2,1H3. The van der Waals surface area contributed by atoms with E-state index in [4.69, 9.17) is 5.11 Å². The number of hydrogen-bond donors (Lipinski definition) is 2. The Morgan fingerprint density at radius 2 is 2.13 bits per heavy atom. The summed E-state index contributed by atoms with van der Waals surface area (Å²) < 4.78 is 0. The molecule has 1 aliphatic rings. The Hall–Kier alpha value is -0.610. The highest BCUT2D eigenvalue weighted by Crippen LogP contribution is 2.06. The van der Waals surface area contributed by atoms with Gasteiger partial charge < -0.3 is 15.3 Å². The molecule has 0 aromatic carbocycles. The average molecular weight is 214 g/mol. The van der Waals surface area contributed by atoms with E-state index in [0.717, 1.165) is 38.9 Å². The fraction of sp³-hybridized carbons (Fsp3) is 0.909. The molecule has 1 atom stereocenters. The van der Waals surface area contributed by atoms with E-state index in [9.17, 15) is 4.79 Å². The molecule has 2 N–H and O–H groups in total. The van der Waals surface area contributed by atoms with Crippen LogP contribution < -0.4 is 5.32 Å². The summed E-state index contributed by atoms with van der Waals surface area (Å²) in [6.45, 7) is 5.39. The highest BCUT2D eigenvalue weighted by Gasteiger charge is 2.17. The van der Waals surface area contributed by atoms with Crippen molar-refractivity contribution in [2.45, 2.75) is 26.2 Å². The Morgan fingerprint density at radius 1 is 1.47 bits per heavy atom. The van der Waals surface area contributed by atoms with E-state index in [0.29, 0.717) is 12.5 Å². The summed E-state index contributed by atoms with van der Waals surface area (Å²) in [7, 11) is 0. The van der Waals surface area contributed by atoms with E-state index in [1.54, 1.807) is 0 Å². The Balaban J connectivity index is 2.06. The predicted octanol–water partition coefficient (Wildman–Crippen LogP) is 0.217. The van der Waals surface area contributed by atoms with Crippen molar-refractivity contribution < 1.29 is 9.90 Å². The summed E-state index contributed by atoms with van der Waals surface area (Å²) in [4.78, 5) is 13.5. The van der Waals surface area contributed by atoms with E-state index in [1.807, 2.05) is 4.90 Å². The molecule has 1 amide bonds. The first kappa shape index (κ1) is 12.5. The SMILES string of the molecule is CC(CCO)CNCC(=O)N1CCCC1. The summed E-state index contributed by atoms with van der Waals surface area (Å²) in [5.74, 6) is 0.644. The molecule has 88 valence electrons. The van der Waals surface area contributed by atoms with Gasteiger partial charge in [-0.25, -0.2) is 0 Å². The number of carbonyl (C=O) groups is 1. The van der Waals surface area contributed by atoms with E-state index >= 15 is 0 Å². The molecule has 4 nitrogen and oxygen atoms in total. The molecule has 0 aromatic heterocycles. The van der Waals surface area contributed by atoms with Crippen LogP contribution in [0, 0.1) is 5.92 Å². The second kappa shape index (κ2) is 6.80. The van der Waals surface area contributed by atoms with Gasteiger partial charge in [-0.15, -0.1) is 0 Å². The zero-order valence-corrected chi connectivity index (χ0v) is 9.54. The van der Waals surface area contributed by atoms with Crippen molar-refractivity contribution in [2.24, 2.45) is 5.92 Å². The maximum atomic E-state index is 11.6. The highest BCUT2D eigenvalue weighted by atomic mass is 16.3. The lowest BCUT2D eigenvalue weighted by molar-refractivity contribution is -0.129. The number of carbonyl (C=O) groups excluding carboxylic acids is 1. The molecular weight excluding hydrogens is 192 g/mol. The fourth-order valence-corrected chi connectivity index (χ4v) is 1.83. The third kappa shape index (κ3) is 4.62. The van der Waals surface area contributed by atoms with Crippen molar-refractivity contribution in [1.29, 1.82) is 0 Å². The Morgan fingerprint density at radius 3 is 2.73 bits per heavy atom. The van der Waals surface area contributed by atoms with Crippen molar-refractivity contribution in [3.8, 4) is 0 Å². The molecule has 1 aliphatic heterocycles. The number of hydrogen-bond acceptors (Lipinski definition) is 3. The second-order valence-electron chi connectivity index (χ2n) is 4.34. The Kier molecular flexibility index (Phi) is 5.65. The van der Waals surface area contributed by atoms with Crippen LogP contribution in [0.3, 0.4) is 0 Å². The molecule has 1 fully saturated rings. The van der Waals surface area contributed by atoms with Gasteiger partial charge in [0.1, 0.15) is 0 Å². The minimum Gasteiger partial charge on any atom is -0.396 e. The van der Waals surface area contributed by atoms with Gasteiger partial charge in [0.05, 0.1) is 6.54 Å². The van der Waals surface area contributed by atoms with Crippen molar-refractivity contribution in [2.75, 3.05) is 32.8 Å². The van der Waals surface area contributed by atoms with Crippen LogP contribution in [0.5, 0.6) is 0 Å². The molecule has 1 unspecified atom stereocenters. The fourth-order valence-electron chi connectivity index (χ4n) is 1.83. The molecule has 1 heterocycles. The van der Waals surface area contributed by atoms with Crippen LogP contribution in [-0.2, 0) is 4.79 Å². The van der Waals surface area contributed by atoms with Crippen LogP contribution in [0.25, 0.3) is 0 Å². The smallest absolute Gasteiger partial charge is 0.236 e. The van der Waals surface area contributed by atoms with Gasteiger partial charge in [-0.3, -0.25) is 4.79 Å². The third-order valence-corrected chi connectivity index (χ3v) is 2.85. The summed E-state index contributed by atoms with van der Waals surface area (Å²) in [6.07, 6.45) is 3.09. The molecule has 1 rings (SSSR count). The molecule has 0 saturated carbocycles. The number of aliphatic hydroxyl groups excluding tert-OH is 1. The van der Waals surface area contributed by atoms with Crippen molar-refractivity contribution in [3.05, 3.63) is 0 Å². The first-order chi connectivity index (χ1) is 7.24. The lowest BCUT2D eigenvalue weighted by Crippen LogP contribution is -2.37. The lowest BCUT2D eigenvalue weighted by atomic mass is 10.1. The largest absolute Gasteiger partial charge is 0.396 e. The topological polar surface area (TPSA) is 52.6 Å². The number of rotatable bonds is 6. The third-order valence-electron chi connectivity index (χ3n) is 2.85. The molecular formula is C11H22N2O2. The number of nitrogens with one attached hydrogen (secondary N) is 1. The highest BCUT2D eigenvalue weighted by molar-refractivity contribution is 5.78. The lowest BCUT2D eigenvalue weighted by Gasteiger charge is -2.16. The van der Waals surface area contributed by atoms with Crippen molar-refractivity contribution in [1.82, 2.24) is 10.2 Å². The molecule has 0 bridgehead atoms. The minimum atomic E-state index is 0.212. The van der Waals surface area contributed by atoms with E-state index in [1.165, 1.54) is 0 Å². The molecule has 0 aliphatic carbocycles. The molecule has 4 heteroatoms. The monoisotopic (exact) mass is 214 g/mol. The Bertz CT molecular complexity index is 191. The summed E-state index contributed by atoms with van der Waals surface area (Å²) >= 11 is 0. The minimum absolute atomic E-state index is 0.212. The number of nitrogens with zero attached hydrogens (tertiary/aromatic N) is 1. The Labute approximate surface area is 91.6 Å². The molecule has 1 saturated heterocycles. The van der Waals surface area contributed by atoms with Gasteiger partial charge >= 0.3 is 0 Å². The maximum absolute atomic E-state index is 11.6. The van der Waals surface area contributed by atoms with Gasteiger partial charge in [-0.1, -0.05) is 6.92 Å². The van der Waals surface area contributed by atoms with Crippen molar-refractivity contribution >= 4 is 5.91 Å². The molecule has 0 radical (unpaired) electrons. The van der Waals surface area contributed by atoms with Crippen LogP contribution in [0.2, 0.25) is 0 Å². The van der Waals surface area contributed by atoms with Gasteiger partial charge in [0, 0.05) is 19.7 Å². The van der Waals surface area contributed by atoms with Crippen LogP contribution in [0.1, 0.15) is 26.2 Å². The molecule has 0 aromatic rings.